The minimum absolute atomic E-state index is 0.394. The van der Waals surface area contributed by atoms with Crippen LogP contribution >= 0.6 is 0 Å². The fourth-order valence-corrected chi connectivity index (χ4v) is 4.02. The Morgan fingerprint density at radius 2 is 1.76 bits per heavy atom. The van der Waals surface area contributed by atoms with Gasteiger partial charge in [0.15, 0.2) is 0 Å². The fourth-order valence-electron chi connectivity index (χ4n) is 4.02. The molecule has 0 heterocycles. The lowest BCUT2D eigenvalue weighted by Gasteiger charge is -2.49. The number of aryl methyl sites for hydroxylation is 2. The Morgan fingerprint density at radius 1 is 1.14 bits per heavy atom. The van der Waals surface area contributed by atoms with Crippen LogP contribution in [0.15, 0.2) is 18.2 Å². The summed E-state index contributed by atoms with van der Waals surface area (Å²) in [6.07, 6.45) is 5.47. The summed E-state index contributed by atoms with van der Waals surface area (Å²) in [6.45, 7) is 13.6. The van der Waals surface area contributed by atoms with Crippen molar-refractivity contribution < 1.29 is 0 Å². The molecular weight excluding hydrogens is 254 g/mol. The van der Waals surface area contributed by atoms with Crippen molar-refractivity contribution in [1.29, 1.82) is 0 Å². The second kappa shape index (κ2) is 6.96. The highest BCUT2D eigenvalue weighted by molar-refractivity contribution is 5.36. The first kappa shape index (κ1) is 16.5. The SMILES string of the molecule is CCCC1CC(CNCC(C)C)(c2cc(C)cc(C)c2)C1. The lowest BCUT2D eigenvalue weighted by molar-refractivity contribution is 0.127. The molecular formula is C20H33N. The largest absolute Gasteiger partial charge is 0.316 e. The number of hydrogen-bond acceptors (Lipinski definition) is 1. The van der Waals surface area contributed by atoms with Crippen LogP contribution < -0.4 is 5.32 Å². The van der Waals surface area contributed by atoms with Gasteiger partial charge in [0, 0.05) is 12.0 Å². The average molecular weight is 287 g/mol. The molecule has 118 valence electrons. The molecule has 1 aliphatic rings. The number of benzene rings is 1. The highest BCUT2D eigenvalue weighted by Crippen LogP contribution is 2.49. The van der Waals surface area contributed by atoms with Gasteiger partial charge in [0.05, 0.1) is 0 Å². The summed E-state index contributed by atoms with van der Waals surface area (Å²) in [5, 5.41) is 3.73. The van der Waals surface area contributed by atoms with Crippen molar-refractivity contribution in [3.8, 4) is 0 Å². The maximum atomic E-state index is 3.73. The molecule has 1 aliphatic carbocycles. The van der Waals surface area contributed by atoms with E-state index in [1.807, 2.05) is 0 Å². The summed E-state index contributed by atoms with van der Waals surface area (Å²) < 4.78 is 0. The van der Waals surface area contributed by atoms with Gasteiger partial charge in [0.25, 0.3) is 0 Å². The van der Waals surface area contributed by atoms with E-state index in [2.05, 4.69) is 58.1 Å². The van der Waals surface area contributed by atoms with E-state index in [4.69, 9.17) is 0 Å². The molecule has 0 aromatic heterocycles. The molecule has 1 nitrogen and oxygen atoms in total. The van der Waals surface area contributed by atoms with Crippen molar-refractivity contribution in [3.05, 3.63) is 34.9 Å². The topological polar surface area (TPSA) is 12.0 Å². The molecule has 2 rings (SSSR count). The molecule has 21 heavy (non-hydrogen) atoms. The Bertz CT molecular complexity index is 435. The van der Waals surface area contributed by atoms with Gasteiger partial charge in [-0.2, -0.15) is 0 Å². The van der Waals surface area contributed by atoms with Crippen LogP contribution in [0.5, 0.6) is 0 Å². The van der Waals surface area contributed by atoms with Gasteiger partial charge in [-0.15, -0.1) is 0 Å². The zero-order valence-electron chi connectivity index (χ0n) is 14.6. The third kappa shape index (κ3) is 4.10. The predicted octanol–water partition coefficient (Wildman–Crippen LogP) is 5.00. The Morgan fingerprint density at radius 3 is 2.29 bits per heavy atom. The number of nitrogens with one attached hydrogen (secondary N) is 1. The van der Waals surface area contributed by atoms with Crippen molar-refractivity contribution in [2.24, 2.45) is 11.8 Å². The van der Waals surface area contributed by atoms with E-state index < -0.39 is 0 Å². The smallest absolute Gasteiger partial charge is 0.00832 e. The fraction of sp³-hybridized carbons (Fsp3) is 0.700. The summed E-state index contributed by atoms with van der Waals surface area (Å²) >= 11 is 0. The van der Waals surface area contributed by atoms with Gasteiger partial charge >= 0.3 is 0 Å². The monoisotopic (exact) mass is 287 g/mol. The standard InChI is InChI=1S/C20H33N/c1-6-7-18-11-20(12-18,14-21-13-15(2)3)19-9-16(4)8-17(5)10-19/h8-10,15,18,21H,6-7,11-14H2,1-5H3. The molecule has 1 fully saturated rings. The molecule has 1 N–H and O–H groups in total. The normalized spacial score (nSPS) is 25.1. The van der Waals surface area contributed by atoms with Crippen LogP contribution in [0.1, 0.15) is 63.1 Å². The van der Waals surface area contributed by atoms with Gasteiger partial charge in [0.2, 0.25) is 0 Å². The molecule has 0 spiro atoms. The van der Waals surface area contributed by atoms with Crippen molar-refractivity contribution in [1.82, 2.24) is 5.32 Å². The Labute approximate surface area is 131 Å². The first-order valence-electron chi connectivity index (χ1n) is 8.74. The van der Waals surface area contributed by atoms with Crippen molar-refractivity contribution >= 4 is 0 Å². The first-order valence-corrected chi connectivity index (χ1v) is 8.74. The second-order valence-corrected chi connectivity index (χ2v) is 7.74. The minimum Gasteiger partial charge on any atom is -0.316 e. The third-order valence-corrected chi connectivity index (χ3v) is 4.91. The molecule has 1 heteroatoms. The lowest BCUT2D eigenvalue weighted by Crippen LogP contribution is -2.49. The van der Waals surface area contributed by atoms with Gasteiger partial charge in [-0.25, -0.2) is 0 Å². The quantitative estimate of drug-likeness (QED) is 0.744. The van der Waals surface area contributed by atoms with E-state index in [0.29, 0.717) is 5.41 Å². The predicted molar refractivity (Wildman–Crippen MR) is 92.9 cm³/mol. The second-order valence-electron chi connectivity index (χ2n) is 7.74. The van der Waals surface area contributed by atoms with Gasteiger partial charge in [-0.05, 0) is 50.6 Å². The minimum atomic E-state index is 0.394. The zero-order chi connectivity index (χ0) is 15.5. The van der Waals surface area contributed by atoms with Crippen LogP contribution in [0.4, 0.5) is 0 Å². The first-order chi connectivity index (χ1) is 9.95. The van der Waals surface area contributed by atoms with Gasteiger partial charge in [0.1, 0.15) is 0 Å². The van der Waals surface area contributed by atoms with E-state index in [1.54, 1.807) is 5.56 Å². The summed E-state index contributed by atoms with van der Waals surface area (Å²) in [5.41, 5.74) is 4.79. The van der Waals surface area contributed by atoms with Crippen LogP contribution in [0, 0.1) is 25.7 Å². The zero-order valence-corrected chi connectivity index (χ0v) is 14.6. The Balaban J connectivity index is 2.12. The van der Waals surface area contributed by atoms with Crippen LogP contribution in [-0.2, 0) is 5.41 Å². The van der Waals surface area contributed by atoms with Crippen molar-refractivity contribution in [3.63, 3.8) is 0 Å². The highest BCUT2D eigenvalue weighted by Gasteiger charge is 2.44. The number of rotatable bonds is 7. The molecule has 0 aliphatic heterocycles. The maximum absolute atomic E-state index is 3.73. The molecule has 0 unspecified atom stereocenters. The summed E-state index contributed by atoms with van der Waals surface area (Å²) in [4.78, 5) is 0. The van der Waals surface area contributed by atoms with Crippen LogP contribution in [-0.4, -0.2) is 13.1 Å². The van der Waals surface area contributed by atoms with Gasteiger partial charge < -0.3 is 5.32 Å². The third-order valence-electron chi connectivity index (χ3n) is 4.91. The molecule has 1 aromatic carbocycles. The maximum Gasteiger partial charge on any atom is 0.00832 e. The lowest BCUT2D eigenvalue weighted by atomic mass is 9.57. The highest BCUT2D eigenvalue weighted by atomic mass is 14.9. The molecule has 0 atom stereocenters. The van der Waals surface area contributed by atoms with Crippen molar-refractivity contribution in [2.45, 2.75) is 65.7 Å². The van der Waals surface area contributed by atoms with E-state index >= 15 is 0 Å². The molecule has 1 saturated carbocycles. The summed E-state index contributed by atoms with van der Waals surface area (Å²) in [5.74, 6) is 1.67. The van der Waals surface area contributed by atoms with E-state index in [1.165, 1.54) is 36.8 Å². The van der Waals surface area contributed by atoms with Gasteiger partial charge in [-0.3, -0.25) is 0 Å². The summed E-state index contributed by atoms with van der Waals surface area (Å²) in [6, 6.07) is 7.14. The van der Waals surface area contributed by atoms with Crippen LogP contribution in [0.2, 0.25) is 0 Å². The Kier molecular flexibility index (Phi) is 5.48. The van der Waals surface area contributed by atoms with Crippen LogP contribution in [0.25, 0.3) is 0 Å². The molecule has 0 amide bonds. The van der Waals surface area contributed by atoms with Crippen molar-refractivity contribution in [2.75, 3.05) is 13.1 Å². The van der Waals surface area contributed by atoms with Crippen LogP contribution in [0.3, 0.4) is 0 Å². The molecule has 0 bridgehead atoms. The number of hydrogen-bond donors (Lipinski definition) is 1. The van der Waals surface area contributed by atoms with E-state index in [0.717, 1.165) is 24.9 Å². The Hall–Kier alpha value is -0.820. The molecule has 1 aromatic rings. The average Bonchev–Trinajstić information content (AvgIpc) is 2.33. The summed E-state index contributed by atoms with van der Waals surface area (Å²) in [7, 11) is 0. The molecule has 0 saturated heterocycles. The van der Waals surface area contributed by atoms with E-state index in [9.17, 15) is 0 Å². The van der Waals surface area contributed by atoms with E-state index in [-0.39, 0.29) is 0 Å². The molecule has 0 radical (unpaired) electrons. The van der Waals surface area contributed by atoms with Gasteiger partial charge in [-0.1, -0.05) is 62.9 Å².